The van der Waals surface area contributed by atoms with Crippen molar-refractivity contribution in [2.75, 3.05) is 5.32 Å². The molecule has 2 aliphatic rings. The van der Waals surface area contributed by atoms with Crippen molar-refractivity contribution in [3.63, 3.8) is 0 Å². The van der Waals surface area contributed by atoms with Crippen molar-refractivity contribution < 1.29 is 13.2 Å². The molecule has 1 heterocycles. The fourth-order valence-corrected chi connectivity index (χ4v) is 5.05. The number of rotatable bonds is 5. The van der Waals surface area contributed by atoms with Gasteiger partial charge in [0.05, 0.1) is 11.1 Å². The van der Waals surface area contributed by atoms with Gasteiger partial charge in [-0.25, -0.2) is 22.9 Å². The van der Waals surface area contributed by atoms with Gasteiger partial charge in [0.2, 0.25) is 0 Å². The van der Waals surface area contributed by atoms with Crippen molar-refractivity contribution in [3.8, 4) is 0 Å². The van der Waals surface area contributed by atoms with Gasteiger partial charge in [-0.1, -0.05) is 6.07 Å². The number of urea groups is 1. The zero-order valence-electron chi connectivity index (χ0n) is 16.8. The smallest absolute Gasteiger partial charge is 0.331 e. The normalized spacial score (nSPS) is 15.5. The molecule has 154 valence electrons. The van der Waals surface area contributed by atoms with Crippen LogP contribution in [0.4, 0.5) is 10.5 Å². The van der Waals surface area contributed by atoms with Gasteiger partial charge >= 0.3 is 6.03 Å². The molecule has 0 atom stereocenters. The zero-order chi connectivity index (χ0) is 20.6. The summed E-state index contributed by atoms with van der Waals surface area (Å²) in [7, 11) is -3.94. The summed E-state index contributed by atoms with van der Waals surface area (Å²) in [5.74, 6) is 0.537. The van der Waals surface area contributed by atoms with Crippen molar-refractivity contribution in [1.82, 2.24) is 14.3 Å². The van der Waals surface area contributed by atoms with E-state index in [9.17, 15) is 13.2 Å². The third-order valence-electron chi connectivity index (χ3n) is 5.61. The summed E-state index contributed by atoms with van der Waals surface area (Å²) in [5, 5.41) is 3.83. The summed E-state index contributed by atoms with van der Waals surface area (Å²) in [6.45, 7) is 4.48. The van der Waals surface area contributed by atoms with Gasteiger partial charge in [0.25, 0.3) is 10.0 Å². The highest BCUT2D eigenvalue weighted by Gasteiger charge is 2.25. The fourth-order valence-electron chi connectivity index (χ4n) is 4.37. The number of nitrogens with one attached hydrogen (secondary N) is 2. The average Bonchev–Trinajstić information content (AvgIpc) is 3.38. The Morgan fingerprint density at radius 3 is 2.45 bits per heavy atom. The van der Waals surface area contributed by atoms with E-state index in [1.165, 1.54) is 17.2 Å². The van der Waals surface area contributed by atoms with Crippen LogP contribution >= 0.6 is 0 Å². The van der Waals surface area contributed by atoms with Gasteiger partial charge in [0.15, 0.2) is 0 Å². The number of aryl methyl sites for hydroxylation is 4. The molecule has 0 aliphatic heterocycles. The van der Waals surface area contributed by atoms with E-state index in [-0.39, 0.29) is 0 Å². The van der Waals surface area contributed by atoms with E-state index in [1.807, 2.05) is 24.6 Å². The SMILES string of the molecule is CCn1cc(C)nc1/C=C/S(=O)(=O)NC(=O)Nc1c2c(cc3c1CCC3)CCC2. The lowest BCUT2D eigenvalue weighted by Crippen LogP contribution is -2.33. The van der Waals surface area contributed by atoms with Crippen LogP contribution in [0.1, 0.15) is 53.5 Å². The Morgan fingerprint density at radius 1 is 1.17 bits per heavy atom. The number of nitrogens with zero attached hydrogens (tertiary/aromatic N) is 2. The Kier molecular flexibility index (Phi) is 5.21. The Hall–Kier alpha value is -2.61. The van der Waals surface area contributed by atoms with Crippen molar-refractivity contribution >= 4 is 27.8 Å². The molecule has 1 aromatic heterocycles. The second-order valence-corrected chi connectivity index (χ2v) is 9.23. The van der Waals surface area contributed by atoms with Crippen molar-refractivity contribution in [1.29, 1.82) is 0 Å². The van der Waals surface area contributed by atoms with Gasteiger partial charge in [-0.05, 0) is 80.7 Å². The minimum Gasteiger partial charge on any atom is -0.331 e. The Labute approximate surface area is 171 Å². The first-order valence-electron chi connectivity index (χ1n) is 10.1. The molecule has 0 spiro atoms. The molecule has 29 heavy (non-hydrogen) atoms. The van der Waals surface area contributed by atoms with Crippen LogP contribution < -0.4 is 10.0 Å². The molecule has 0 saturated carbocycles. The molecule has 0 radical (unpaired) electrons. The summed E-state index contributed by atoms with van der Waals surface area (Å²) in [6, 6.07) is 1.55. The third kappa shape index (κ3) is 4.07. The Morgan fingerprint density at radius 2 is 1.83 bits per heavy atom. The number of carbonyl (C=O) groups is 1. The lowest BCUT2D eigenvalue weighted by Gasteiger charge is -2.16. The number of sulfonamides is 1. The Balaban J connectivity index is 1.51. The number of hydrogen-bond acceptors (Lipinski definition) is 4. The number of fused-ring (bicyclic) bond motifs is 2. The van der Waals surface area contributed by atoms with Gasteiger partial charge in [0, 0.05) is 18.4 Å². The van der Waals surface area contributed by atoms with Gasteiger partial charge in [-0.15, -0.1) is 0 Å². The van der Waals surface area contributed by atoms with E-state index in [2.05, 4.69) is 21.1 Å². The largest absolute Gasteiger partial charge is 0.333 e. The van der Waals surface area contributed by atoms with Gasteiger partial charge < -0.3 is 9.88 Å². The maximum Gasteiger partial charge on any atom is 0.333 e. The van der Waals surface area contributed by atoms with E-state index in [1.54, 1.807) is 0 Å². The van der Waals surface area contributed by atoms with Crippen LogP contribution in [0.15, 0.2) is 17.7 Å². The number of anilines is 1. The predicted octanol–water partition coefficient (Wildman–Crippen LogP) is 3.31. The fraction of sp³-hybridized carbons (Fsp3) is 0.429. The lowest BCUT2D eigenvalue weighted by atomic mass is 9.99. The molecule has 1 aromatic carbocycles. The van der Waals surface area contributed by atoms with Crippen LogP contribution in [0, 0.1) is 6.92 Å². The molecule has 0 saturated heterocycles. The maximum atomic E-state index is 12.5. The lowest BCUT2D eigenvalue weighted by molar-refractivity contribution is 0.256. The molecule has 2 aliphatic carbocycles. The molecule has 2 aromatic rings. The van der Waals surface area contributed by atoms with Crippen molar-refractivity contribution in [3.05, 3.63) is 51.4 Å². The maximum absolute atomic E-state index is 12.5. The summed E-state index contributed by atoms with van der Waals surface area (Å²) in [6.07, 6.45) is 9.27. The third-order valence-corrected chi connectivity index (χ3v) is 6.58. The van der Waals surface area contributed by atoms with Crippen LogP contribution in [-0.4, -0.2) is 24.0 Å². The van der Waals surface area contributed by atoms with Gasteiger partial charge in [-0.3, -0.25) is 0 Å². The second-order valence-electron chi connectivity index (χ2n) is 7.66. The molecule has 2 amide bonds. The first kappa shape index (κ1) is 19.7. The second kappa shape index (κ2) is 7.67. The highest BCUT2D eigenvalue weighted by atomic mass is 32.2. The summed E-state index contributed by atoms with van der Waals surface area (Å²) >= 11 is 0. The molecule has 7 nitrogen and oxygen atoms in total. The summed E-state index contributed by atoms with van der Waals surface area (Å²) in [4.78, 5) is 16.8. The number of carbonyl (C=O) groups excluding carboxylic acids is 1. The molecule has 0 fully saturated rings. The van der Waals surface area contributed by atoms with Crippen molar-refractivity contribution in [2.45, 2.75) is 58.9 Å². The van der Waals surface area contributed by atoms with Crippen LogP contribution in [0.2, 0.25) is 0 Å². The highest BCUT2D eigenvalue weighted by Crippen LogP contribution is 2.38. The van der Waals surface area contributed by atoms with E-state index in [0.717, 1.165) is 66.4 Å². The minimum atomic E-state index is -3.94. The average molecular weight is 415 g/mol. The van der Waals surface area contributed by atoms with E-state index in [0.29, 0.717) is 12.4 Å². The van der Waals surface area contributed by atoms with E-state index in [4.69, 9.17) is 0 Å². The number of benzene rings is 1. The van der Waals surface area contributed by atoms with Crippen molar-refractivity contribution in [2.24, 2.45) is 0 Å². The minimum absolute atomic E-state index is 0.537. The Bertz CT molecular complexity index is 1070. The first-order valence-corrected chi connectivity index (χ1v) is 11.6. The molecule has 8 heteroatoms. The molecule has 2 N–H and O–H groups in total. The standard InChI is InChI=1S/C21H26N4O3S/c1-3-25-13-14(2)22-19(25)10-11-29(27,28)24-21(26)23-20-17-8-4-6-15(17)12-16-7-5-9-18(16)20/h10-13H,3-9H2,1-2H3,(H2,23,24,26)/b11-10+. The van der Waals surface area contributed by atoms with Gasteiger partial charge in [0.1, 0.15) is 5.82 Å². The highest BCUT2D eigenvalue weighted by molar-refractivity contribution is 7.93. The van der Waals surface area contributed by atoms with Gasteiger partial charge in [-0.2, -0.15) is 0 Å². The van der Waals surface area contributed by atoms with Crippen LogP contribution in [0.3, 0.4) is 0 Å². The number of amides is 2. The molecule has 4 rings (SSSR count). The molecule has 0 unspecified atom stereocenters. The van der Waals surface area contributed by atoms with Crippen LogP contribution in [0.5, 0.6) is 0 Å². The monoisotopic (exact) mass is 414 g/mol. The first-order chi connectivity index (χ1) is 13.9. The predicted molar refractivity (Wildman–Crippen MR) is 113 cm³/mol. The quantitative estimate of drug-likeness (QED) is 0.785. The zero-order valence-corrected chi connectivity index (χ0v) is 17.6. The number of imidazole rings is 1. The molecular formula is C21H26N4O3S. The van der Waals surface area contributed by atoms with E-state index < -0.39 is 16.1 Å². The molecular weight excluding hydrogens is 388 g/mol. The number of hydrogen-bond donors (Lipinski definition) is 2. The van der Waals surface area contributed by atoms with Crippen LogP contribution in [-0.2, 0) is 42.3 Å². The molecule has 0 bridgehead atoms. The summed E-state index contributed by atoms with van der Waals surface area (Å²) < 4.78 is 28.7. The number of aromatic nitrogens is 2. The van der Waals surface area contributed by atoms with E-state index >= 15 is 0 Å². The van der Waals surface area contributed by atoms with Crippen LogP contribution in [0.25, 0.3) is 6.08 Å². The topological polar surface area (TPSA) is 93.1 Å². The summed E-state index contributed by atoms with van der Waals surface area (Å²) in [5.41, 5.74) is 6.52.